The molecule has 0 aromatic carbocycles. The third kappa shape index (κ3) is 3.22. The van der Waals surface area contributed by atoms with Gasteiger partial charge in [-0.05, 0) is 50.7 Å². The van der Waals surface area contributed by atoms with E-state index in [0.717, 1.165) is 53.9 Å². The number of amides is 1. The molecule has 3 heterocycles. The van der Waals surface area contributed by atoms with Gasteiger partial charge in [-0.3, -0.25) is 4.79 Å². The molecule has 3 aromatic rings. The fourth-order valence-corrected chi connectivity index (χ4v) is 3.82. The average molecular weight is 352 g/mol. The molecule has 0 saturated heterocycles. The molecule has 1 saturated carbocycles. The van der Waals surface area contributed by atoms with Gasteiger partial charge in [0.1, 0.15) is 5.65 Å². The molecular weight excluding hydrogens is 328 g/mol. The molecule has 7 heteroatoms. The molecule has 0 radical (unpaired) electrons. The normalized spacial score (nSPS) is 21.6. The average Bonchev–Trinajstić information content (AvgIpc) is 3.31. The Kier molecular flexibility index (Phi) is 4.46. The fraction of sp³-hybridized carbons (Fsp3) is 0.421. The Morgan fingerprint density at radius 3 is 2.77 bits per heavy atom. The summed E-state index contributed by atoms with van der Waals surface area (Å²) in [5.41, 5.74) is 8.35. The zero-order valence-corrected chi connectivity index (χ0v) is 14.8. The highest BCUT2D eigenvalue weighted by molar-refractivity contribution is 6.02. The quantitative estimate of drug-likeness (QED) is 0.578. The van der Waals surface area contributed by atoms with Crippen LogP contribution in [-0.4, -0.2) is 31.9 Å². The number of fused-ring (bicyclic) bond motifs is 1. The van der Waals surface area contributed by atoms with Crippen molar-refractivity contribution >= 4 is 22.6 Å². The number of nitrogens with two attached hydrogens (primary N) is 1. The minimum absolute atomic E-state index is 0.0525. The lowest BCUT2D eigenvalue weighted by Crippen LogP contribution is -2.33. The number of carbonyl (C=O) groups excluding carboxylic acids is 1. The van der Waals surface area contributed by atoms with Crippen molar-refractivity contribution in [3.05, 3.63) is 30.7 Å². The lowest BCUT2D eigenvalue weighted by molar-refractivity contribution is -0.121. The summed E-state index contributed by atoms with van der Waals surface area (Å²) in [6.45, 7) is 2.06. The summed E-state index contributed by atoms with van der Waals surface area (Å²) in [5.74, 6) is 1.42. The predicted molar refractivity (Wildman–Crippen MR) is 101 cm³/mol. The van der Waals surface area contributed by atoms with Gasteiger partial charge in [-0.2, -0.15) is 0 Å². The van der Waals surface area contributed by atoms with Crippen LogP contribution in [0.15, 0.2) is 30.7 Å². The van der Waals surface area contributed by atoms with Crippen molar-refractivity contribution in [2.75, 3.05) is 5.32 Å². The Morgan fingerprint density at radius 2 is 2.08 bits per heavy atom. The van der Waals surface area contributed by atoms with Crippen molar-refractivity contribution in [2.24, 2.45) is 17.6 Å². The largest absolute Gasteiger partial charge is 0.343 e. The highest BCUT2D eigenvalue weighted by Crippen LogP contribution is 2.32. The van der Waals surface area contributed by atoms with Crippen LogP contribution in [0.4, 0.5) is 5.69 Å². The van der Waals surface area contributed by atoms with E-state index in [1.165, 1.54) is 0 Å². The summed E-state index contributed by atoms with van der Waals surface area (Å²) in [5, 5.41) is 3.98. The van der Waals surface area contributed by atoms with Crippen molar-refractivity contribution in [3.8, 4) is 11.5 Å². The van der Waals surface area contributed by atoms with Crippen LogP contribution in [0.1, 0.15) is 32.6 Å². The molecule has 0 spiro atoms. The van der Waals surface area contributed by atoms with Crippen LogP contribution in [0.5, 0.6) is 0 Å². The van der Waals surface area contributed by atoms with E-state index in [9.17, 15) is 4.79 Å². The highest BCUT2D eigenvalue weighted by atomic mass is 16.1. The summed E-state index contributed by atoms with van der Waals surface area (Å²) in [6.07, 6.45) is 9.02. The number of aromatic amines is 2. The Hall–Kier alpha value is -2.67. The van der Waals surface area contributed by atoms with Gasteiger partial charge < -0.3 is 21.0 Å². The molecule has 7 nitrogen and oxygen atoms in total. The molecule has 136 valence electrons. The van der Waals surface area contributed by atoms with E-state index >= 15 is 0 Å². The van der Waals surface area contributed by atoms with Gasteiger partial charge in [0.2, 0.25) is 5.91 Å². The Morgan fingerprint density at radius 1 is 1.27 bits per heavy atom. The summed E-state index contributed by atoms with van der Waals surface area (Å²) in [6, 6.07) is 4.01. The van der Waals surface area contributed by atoms with Crippen LogP contribution in [0.25, 0.3) is 22.6 Å². The van der Waals surface area contributed by atoms with Crippen LogP contribution >= 0.6 is 0 Å². The maximum Gasteiger partial charge on any atom is 0.227 e. The second-order valence-corrected chi connectivity index (χ2v) is 7.20. The van der Waals surface area contributed by atoms with E-state index in [0.29, 0.717) is 5.92 Å². The van der Waals surface area contributed by atoms with Gasteiger partial charge in [-0.25, -0.2) is 9.97 Å². The van der Waals surface area contributed by atoms with Gasteiger partial charge in [0.25, 0.3) is 0 Å². The maximum absolute atomic E-state index is 12.7. The van der Waals surface area contributed by atoms with E-state index in [-0.39, 0.29) is 17.9 Å². The number of pyridine rings is 1. The lowest BCUT2D eigenvalue weighted by Gasteiger charge is -2.30. The Balaban J connectivity index is 1.51. The lowest BCUT2D eigenvalue weighted by atomic mass is 9.79. The van der Waals surface area contributed by atoms with Crippen molar-refractivity contribution in [1.82, 2.24) is 19.9 Å². The number of rotatable bonds is 4. The molecular formula is C19H24N6O. The van der Waals surface area contributed by atoms with E-state index in [1.807, 2.05) is 12.1 Å². The molecule has 0 aliphatic heterocycles. The third-order valence-corrected chi connectivity index (χ3v) is 5.43. The smallest absolute Gasteiger partial charge is 0.227 e. The number of imidazole rings is 1. The number of H-pyrrole nitrogens is 2. The molecule has 1 atom stereocenters. The minimum atomic E-state index is 0.0525. The summed E-state index contributed by atoms with van der Waals surface area (Å²) in [4.78, 5) is 27.7. The first-order valence-corrected chi connectivity index (χ1v) is 9.15. The second kappa shape index (κ2) is 6.92. The molecule has 1 unspecified atom stereocenters. The van der Waals surface area contributed by atoms with Crippen molar-refractivity contribution < 1.29 is 4.79 Å². The number of anilines is 1. The van der Waals surface area contributed by atoms with Crippen molar-refractivity contribution in [2.45, 2.75) is 38.6 Å². The molecule has 26 heavy (non-hydrogen) atoms. The number of nitrogens with zero attached hydrogens (tertiary/aromatic N) is 2. The van der Waals surface area contributed by atoms with Gasteiger partial charge in [0, 0.05) is 35.9 Å². The molecule has 3 aromatic heterocycles. The summed E-state index contributed by atoms with van der Waals surface area (Å²) < 4.78 is 0. The second-order valence-electron chi connectivity index (χ2n) is 7.20. The van der Waals surface area contributed by atoms with Gasteiger partial charge in [0.15, 0.2) is 5.82 Å². The fourth-order valence-electron chi connectivity index (χ4n) is 3.82. The van der Waals surface area contributed by atoms with Crippen LogP contribution in [0.2, 0.25) is 0 Å². The molecule has 1 fully saturated rings. The molecule has 1 amide bonds. The molecule has 1 aliphatic carbocycles. The first-order valence-electron chi connectivity index (χ1n) is 9.15. The first kappa shape index (κ1) is 16.8. The van der Waals surface area contributed by atoms with Crippen molar-refractivity contribution in [1.29, 1.82) is 0 Å². The predicted octanol–water partition coefficient (Wildman–Crippen LogP) is 3.05. The van der Waals surface area contributed by atoms with Gasteiger partial charge >= 0.3 is 0 Å². The monoisotopic (exact) mass is 352 g/mol. The van der Waals surface area contributed by atoms with Crippen LogP contribution in [0, 0.1) is 11.8 Å². The third-order valence-electron chi connectivity index (χ3n) is 5.43. The standard InChI is InChI=1S/C19H24N6O/c1-11(20)12-2-4-13(5-3-12)19(26)25-15-6-7-21-17-14(15)10-16(24-17)18-22-8-9-23-18/h6-13H,2-5,20H2,1H3,(H,22,23)(H2,21,24,25,26)/t11?,12-,13-. The number of carbonyl (C=O) groups is 1. The van der Waals surface area contributed by atoms with Crippen LogP contribution < -0.4 is 11.1 Å². The van der Waals surface area contributed by atoms with E-state index in [2.05, 4.69) is 32.2 Å². The van der Waals surface area contributed by atoms with Crippen LogP contribution in [-0.2, 0) is 4.79 Å². The van der Waals surface area contributed by atoms with Gasteiger partial charge in [0.05, 0.1) is 11.4 Å². The molecule has 0 bridgehead atoms. The SMILES string of the molecule is CC(N)[C@H]1CC[C@H](C(=O)Nc2ccnc3[nH]c(-c4ncc[nH]4)cc23)CC1. The zero-order chi connectivity index (χ0) is 18.1. The Bertz CT molecular complexity index is 890. The van der Waals surface area contributed by atoms with E-state index in [4.69, 9.17) is 5.73 Å². The van der Waals surface area contributed by atoms with Crippen LogP contribution in [0.3, 0.4) is 0 Å². The van der Waals surface area contributed by atoms with Crippen molar-refractivity contribution in [3.63, 3.8) is 0 Å². The maximum atomic E-state index is 12.7. The summed E-state index contributed by atoms with van der Waals surface area (Å²) >= 11 is 0. The number of hydrogen-bond donors (Lipinski definition) is 4. The Labute approximate surface area is 151 Å². The zero-order valence-electron chi connectivity index (χ0n) is 14.8. The minimum Gasteiger partial charge on any atom is -0.343 e. The number of aromatic nitrogens is 4. The van der Waals surface area contributed by atoms with E-state index in [1.54, 1.807) is 18.6 Å². The number of nitrogens with one attached hydrogen (secondary N) is 3. The topological polar surface area (TPSA) is 112 Å². The molecule has 1 aliphatic rings. The molecule has 5 N–H and O–H groups in total. The summed E-state index contributed by atoms with van der Waals surface area (Å²) in [7, 11) is 0. The van der Waals surface area contributed by atoms with Gasteiger partial charge in [-0.1, -0.05) is 0 Å². The number of hydrogen-bond acceptors (Lipinski definition) is 4. The molecule has 4 rings (SSSR count). The highest BCUT2D eigenvalue weighted by Gasteiger charge is 2.28. The van der Waals surface area contributed by atoms with E-state index < -0.39 is 0 Å². The van der Waals surface area contributed by atoms with Gasteiger partial charge in [-0.15, -0.1) is 0 Å². The first-order chi connectivity index (χ1) is 12.6.